The first-order valence-corrected chi connectivity index (χ1v) is 8.75. The monoisotopic (exact) mass is 340 g/mol. The Morgan fingerprint density at radius 2 is 1.96 bits per heavy atom. The van der Waals surface area contributed by atoms with Crippen molar-refractivity contribution < 1.29 is 9.53 Å². The second-order valence-corrected chi connectivity index (χ2v) is 6.26. The first kappa shape index (κ1) is 16.5. The number of ether oxygens (including phenoxy) is 1. The molecular weight excluding hydrogens is 320 g/mol. The molecule has 1 unspecified atom stereocenters. The lowest BCUT2D eigenvalue weighted by atomic mass is 10.0. The highest BCUT2D eigenvalue weighted by Crippen LogP contribution is 2.19. The molecule has 0 fully saturated rings. The predicted octanol–water partition coefficient (Wildman–Crippen LogP) is 4.09. The normalized spacial score (nSPS) is 12.0. The summed E-state index contributed by atoms with van der Waals surface area (Å²) in [4.78, 5) is 12.1. The van der Waals surface area contributed by atoms with Gasteiger partial charge in [0.1, 0.15) is 6.10 Å². The maximum atomic E-state index is 12.1. The van der Waals surface area contributed by atoms with Crippen LogP contribution in [0.1, 0.15) is 17.2 Å². The van der Waals surface area contributed by atoms with E-state index in [9.17, 15) is 4.79 Å². The van der Waals surface area contributed by atoms with E-state index < -0.39 is 0 Å². The fraction of sp³-hybridized carbons (Fsp3) is 0.211. The summed E-state index contributed by atoms with van der Waals surface area (Å²) < 4.78 is 5.43. The van der Waals surface area contributed by atoms with E-state index in [1.165, 1.54) is 5.39 Å². The number of amides is 2. The molecule has 5 heteroatoms. The maximum absolute atomic E-state index is 12.1. The first-order valence-electron chi connectivity index (χ1n) is 7.81. The van der Waals surface area contributed by atoms with Gasteiger partial charge in [-0.15, -0.1) is 0 Å². The summed E-state index contributed by atoms with van der Waals surface area (Å²) >= 11 is 1.62. The highest BCUT2D eigenvalue weighted by atomic mass is 32.1. The Hall–Kier alpha value is -2.37. The van der Waals surface area contributed by atoms with Gasteiger partial charge in [0.05, 0.1) is 0 Å². The molecule has 0 aliphatic carbocycles. The molecule has 24 heavy (non-hydrogen) atoms. The number of rotatable bonds is 6. The third kappa shape index (κ3) is 3.93. The number of methoxy groups -OCH3 is 1. The van der Waals surface area contributed by atoms with Crippen LogP contribution >= 0.6 is 11.3 Å². The minimum absolute atomic E-state index is 0.125. The van der Waals surface area contributed by atoms with Crippen molar-refractivity contribution in [3.05, 3.63) is 70.4 Å². The average Bonchev–Trinajstić information content (AvgIpc) is 3.15. The van der Waals surface area contributed by atoms with Crippen molar-refractivity contribution in [3.63, 3.8) is 0 Å². The molecule has 2 N–H and O–H groups in total. The number of hydrogen-bond acceptors (Lipinski definition) is 3. The van der Waals surface area contributed by atoms with Crippen LogP contribution in [-0.4, -0.2) is 19.7 Å². The average molecular weight is 340 g/mol. The topological polar surface area (TPSA) is 50.4 Å². The third-order valence-corrected chi connectivity index (χ3v) is 4.67. The minimum atomic E-state index is -0.194. The van der Waals surface area contributed by atoms with Crippen LogP contribution in [0.2, 0.25) is 0 Å². The highest BCUT2D eigenvalue weighted by molar-refractivity contribution is 7.07. The molecule has 0 spiro atoms. The van der Waals surface area contributed by atoms with Crippen molar-refractivity contribution in [2.24, 2.45) is 0 Å². The Balaban J connectivity index is 1.55. The van der Waals surface area contributed by atoms with Gasteiger partial charge in [-0.1, -0.05) is 42.5 Å². The van der Waals surface area contributed by atoms with Crippen molar-refractivity contribution >= 4 is 28.1 Å². The molecule has 4 nitrogen and oxygen atoms in total. The molecule has 124 valence electrons. The van der Waals surface area contributed by atoms with Crippen LogP contribution in [0.25, 0.3) is 10.8 Å². The van der Waals surface area contributed by atoms with Gasteiger partial charge in [-0.3, -0.25) is 0 Å². The van der Waals surface area contributed by atoms with E-state index in [2.05, 4.69) is 28.8 Å². The lowest BCUT2D eigenvalue weighted by Gasteiger charge is -2.15. The van der Waals surface area contributed by atoms with Crippen molar-refractivity contribution in [2.75, 3.05) is 13.7 Å². The van der Waals surface area contributed by atoms with Gasteiger partial charge >= 0.3 is 6.03 Å². The van der Waals surface area contributed by atoms with Crippen molar-refractivity contribution in [3.8, 4) is 0 Å². The molecule has 0 aliphatic rings. The summed E-state index contributed by atoms with van der Waals surface area (Å²) in [5, 5.41) is 12.2. The summed E-state index contributed by atoms with van der Waals surface area (Å²) in [6.45, 7) is 0.928. The summed E-state index contributed by atoms with van der Waals surface area (Å²) in [6, 6.07) is 16.1. The molecule has 0 saturated carbocycles. The molecule has 0 bridgehead atoms. The molecule has 1 atom stereocenters. The Morgan fingerprint density at radius 1 is 1.12 bits per heavy atom. The Labute approximate surface area is 145 Å². The van der Waals surface area contributed by atoms with Gasteiger partial charge in [0.25, 0.3) is 0 Å². The number of thiophene rings is 1. The number of nitrogens with one attached hydrogen (secondary N) is 2. The summed E-state index contributed by atoms with van der Waals surface area (Å²) in [5.74, 6) is 0. The van der Waals surface area contributed by atoms with Gasteiger partial charge in [0.15, 0.2) is 0 Å². The molecule has 2 aromatic carbocycles. The van der Waals surface area contributed by atoms with E-state index in [0.717, 1.165) is 16.5 Å². The lowest BCUT2D eigenvalue weighted by molar-refractivity contribution is 0.104. The van der Waals surface area contributed by atoms with Gasteiger partial charge in [0, 0.05) is 20.2 Å². The number of carbonyl (C=O) groups excluding carboxylic acids is 1. The summed E-state index contributed by atoms with van der Waals surface area (Å²) in [5.41, 5.74) is 2.18. The van der Waals surface area contributed by atoms with Gasteiger partial charge < -0.3 is 15.4 Å². The number of carbonyl (C=O) groups is 1. The van der Waals surface area contributed by atoms with Crippen LogP contribution in [-0.2, 0) is 11.3 Å². The molecular formula is C19H20N2O2S. The third-order valence-electron chi connectivity index (χ3n) is 3.97. The van der Waals surface area contributed by atoms with Gasteiger partial charge in [-0.2, -0.15) is 11.3 Å². The summed E-state index contributed by atoms with van der Waals surface area (Å²) in [7, 11) is 1.65. The fourth-order valence-corrected chi connectivity index (χ4v) is 3.37. The molecule has 1 aromatic heterocycles. The smallest absolute Gasteiger partial charge is 0.315 e. The van der Waals surface area contributed by atoms with Crippen LogP contribution in [0.3, 0.4) is 0 Å². The van der Waals surface area contributed by atoms with Crippen LogP contribution in [0.15, 0.2) is 59.3 Å². The molecule has 2 amide bonds. The molecule has 3 rings (SSSR count). The zero-order chi connectivity index (χ0) is 16.8. The van der Waals surface area contributed by atoms with Crippen molar-refractivity contribution in [2.45, 2.75) is 12.6 Å². The van der Waals surface area contributed by atoms with Crippen molar-refractivity contribution in [1.29, 1.82) is 0 Å². The number of fused-ring (bicyclic) bond motifs is 1. The quantitative estimate of drug-likeness (QED) is 0.710. The first-order chi connectivity index (χ1) is 11.8. The minimum Gasteiger partial charge on any atom is -0.375 e. The van der Waals surface area contributed by atoms with E-state index >= 15 is 0 Å². The Bertz CT molecular complexity index is 797. The SMILES string of the molecule is COC(CNC(=O)NCc1cccc2ccccc12)c1ccsc1. The molecule has 0 saturated heterocycles. The number of hydrogen-bond donors (Lipinski definition) is 2. The number of urea groups is 1. The van der Waals surface area contributed by atoms with E-state index in [-0.39, 0.29) is 12.1 Å². The Kier molecular flexibility index (Phi) is 5.46. The Morgan fingerprint density at radius 3 is 2.75 bits per heavy atom. The second kappa shape index (κ2) is 7.95. The molecule has 0 aliphatic heterocycles. The van der Waals surface area contributed by atoms with Crippen LogP contribution < -0.4 is 10.6 Å². The van der Waals surface area contributed by atoms with Gasteiger partial charge in [-0.05, 0) is 38.7 Å². The van der Waals surface area contributed by atoms with Gasteiger partial charge in [-0.25, -0.2) is 4.79 Å². The standard InChI is InChI=1S/C19H20N2O2S/c1-23-18(16-9-10-24-13-16)12-21-19(22)20-11-15-7-4-6-14-5-2-3-8-17(14)15/h2-10,13,18H,11-12H2,1H3,(H2,20,21,22). The second-order valence-electron chi connectivity index (χ2n) is 5.48. The molecule has 3 aromatic rings. The van der Waals surface area contributed by atoms with E-state index in [1.807, 2.05) is 41.1 Å². The van der Waals surface area contributed by atoms with Gasteiger partial charge in [0.2, 0.25) is 0 Å². The van der Waals surface area contributed by atoms with E-state index in [1.54, 1.807) is 18.4 Å². The molecule has 1 heterocycles. The fourth-order valence-electron chi connectivity index (χ4n) is 2.67. The lowest BCUT2D eigenvalue weighted by Crippen LogP contribution is -2.37. The molecule has 0 radical (unpaired) electrons. The van der Waals surface area contributed by atoms with E-state index in [0.29, 0.717) is 13.1 Å². The zero-order valence-electron chi connectivity index (χ0n) is 13.5. The summed E-state index contributed by atoms with van der Waals surface area (Å²) in [6.07, 6.45) is -0.125. The zero-order valence-corrected chi connectivity index (χ0v) is 14.3. The van der Waals surface area contributed by atoms with Crippen LogP contribution in [0, 0.1) is 0 Å². The maximum Gasteiger partial charge on any atom is 0.315 e. The van der Waals surface area contributed by atoms with Crippen LogP contribution in [0.5, 0.6) is 0 Å². The van der Waals surface area contributed by atoms with Crippen molar-refractivity contribution in [1.82, 2.24) is 10.6 Å². The predicted molar refractivity (Wildman–Crippen MR) is 98.3 cm³/mol. The van der Waals surface area contributed by atoms with E-state index in [4.69, 9.17) is 4.74 Å². The number of benzene rings is 2. The van der Waals surface area contributed by atoms with Crippen LogP contribution in [0.4, 0.5) is 4.79 Å². The highest BCUT2D eigenvalue weighted by Gasteiger charge is 2.12. The largest absolute Gasteiger partial charge is 0.375 e.